The molecule has 10 nitrogen and oxygen atoms in total. The van der Waals surface area contributed by atoms with Crippen molar-refractivity contribution < 1.29 is 49.6 Å². The average Bonchev–Trinajstić information content (AvgIpc) is 3.06. The van der Waals surface area contributed by atoms with Gasteiger partial charge in [-0.3, -0.25) is 0 Å². The van der Waals surface area contributed by atoms with Crippen LogP contribution in [-0.4, -0.2) is 86.8 Å². The molecular weight excluding hydrogens is 352 g/mol. The molecule has 2 aliphatic heterocycles. The van der Waals surface area contributed by atoms with Crippen LogP contribution in [0.2, 0.25) is 0 Å². The predicted octanol–water partition coefficient (Wildman–Crippen LogP) is -2.32. The summed E-state index contributed by atoms with van der Waals surface area (Å²) in [4.78, 5) is 11.4. The summed E-state index contributed by atoms with van der Waals surface area (Å²) in [5.41, 5.74) is 0.583. The second-order valence-electron chi connectivity index (χ2n) is 6.52. The summed E-state index contributed by atoms with van der Waals surface area (Å²) in [5.74, 6) is -2.22. The van der Waals surface area contributed by atoms with Crippen LogP contribution in [0.3, 0.4) is 0 Å². The Morgan fingerprint density at radius 2 is 1.88 bits per heavy atom. The van der Waals surface area contributed by atoms with E-state index in [0.717, 1.165) is 6.26 Å². The zero-order valence-electron chi connectivity index (χ0n) is 13.7. The van der Waals surface area contributed by atoms with E-state index in [4.69, 9.17) is 14.2 Å². The van der Waals surface area contributed by atoms with Crippen molar-refractivity contribution in [2.45, 2.75) is 43.4 Å². The molecule has 3 rings (SSSR count). The van der Waals surface area contributed by atoms with E-state index >= 15 is 0 Å². The molecule has 2 heterocycles. The molecular formula is C16H22O10. The third-order valence-corrected chi connectivity index (χ3v) is 5.06. The summed E-state index contributed by atoms with van der Waals surface area (Å²) >= 11 is 0. The molecule has 1 fully saturated rings. The first-order valence-corrected chi connectivity index (χ1v) is 8.23. The Hall–Kier alpha value is -1.53. The molecule has 8 atom stereocenters. The highest BCUT2D eigenvalue weighted by Gasteiger charge is 2.49. The molecule has 26 heavy (non-hydrogen) atoms. The number of aliphatic hydroxyl groups excluding tert-OH is 5. The van der Waals surface area contributed by atoms with Crippen molar-refractivity contribution in [1.29, 1.82) is 0 Å². The van der Waals surface area contributed by atoms with E-state index in [1.54, 1.807) is 6.08 Å². The molecule has 146 valence electrons. The van der Waals surface area contributed by atoms with E-state index in [-0.39, 0.29) is 12.2 Å². The van der Waals surface area contributed by atoms with E-state index in [1.165, 1.54) is 0 Å². The van der Waals surface area contributed by atoms with Gasteiger partial charge in [-0.25, -0.2) is 4.79 Å². The normalized spacial score (nSPS) is 42.5. The third kappa shape index (κ3) is 3.25. The quantitative estimate of drug-likeness (QED) is 0.288. The molecule has 1 aliphatic carbocycles. The first-order valence-electron chi connectivity index (χ1n) is 8.23. The molecule has 3 aliphatic rings. The lowest BCUT2D eigenvalue weighted by Crippen LogP contribution is -2.60. The predicted molar refractivity (Wildman–Crippen MR) is 82.2 cm³/mol. The molecule has 6 N–H and O–H groups in total. The molecule has 0 radical (unpaired) electrons. The van der Waals surface area contributed by atoms with Crippen molar-refractivity contribution >= 4 is 5.97 Å². The molecule has 1 unspecified atom stereocenters. The minimum Gasteiger partial charge on any atom is -0.478 e. The van der Waals surface area contributed by atoms with Gasteiger partial charge in [-0.05, 0) is 12.0 Å². The maximum Gasteiger partial charge on any atom is 0.335 e. The first-order chi connectivity index (χ1) is 12.4. The van der Waals surface area contributed by atoms with Crippen LogP contribution in [0, 0.1) is 11.8 Å². The van der Waals surface area contributed by atoms with Crippen molar-refractivity contribution in [1.82, 2.24) is 0 Å². The Balaban J connectivity index is 1.80. The lowest BCUT2D eigenvalue weighted by atomic mass is 9.83. The number of carbonyl (C=O) groups is 1. The van der Waals surface area contributed by atoms with Crippen molar-refractivity contribution in [2.24, 2.45) is 11.8 Å². The number of aliphatic carboxylic acids is 1. The Morgan fingerprint density at radius 3 is 2.50 bits per heavy atom. The van der Waals surface area contributed by atoms with Gasteiger partial charge < -0.3 is 44.8 Å². The Morgan fingerprint density at radius 1 is 1.15 bits per heavy atom. The fourth-order valence-corrected chi connectivity index (χ4v) is 3.62. The van der Waals surface area contributed by atoms with Gasteiger partial charge in [-0.1, -0.05) is 6.08 Å². The summed E-state index contributed by atoms with van der Waals surface area (Å²) in [6, 6.07) is 0. The number of hydrogen-bond acceptors (Lipinski definition) is 9. The van der Waals surface area contributed by atoms with Crippen molar-refractivity contribution in [3.05, 3.63) is 23.5 Å². The zero-order valence-corrected chi connectivity index (χ0v) is 13.7. The largest absolute Gasteiger partial charge is 0.478 e. The van der Waals surface area contributed by atoms with Crippen LogP contribution < -0.4 is 0 Å². The molecule has 0 bridgehead atoms. The summed E-state index contributed by atoms with van der Waals surface area (Å²) in [6.07, 6.45) is -5.21. The van der Waals surface area contributed by atoms with Gasteiger partial charge in [0.1, 0.15) is 24.4 Å². The SMILES string of the molecule is O=C(O)C1=COC(O[C@@H]2O[C@H](CO)[C@@H](O)[C@H](O)[C@H]2O)[C@@H]2C(CO)=CC[C@H]12. The molecule has 10 heteroatoms. The number of carboxylic acids is 1. The lowest BCUT2D eigenvalue weighted by molar-refractivity contribution is -0.339. The van der Waals surface area contributed by atoms with E-state index in [2.05, 4.69) is 0 Å². The fourth-order valence-electron chi connectivity index (χ4n) is 3.62. The van der Waals surface area contributed by atoms with Crippen molar-refractivity contribution in [3.8, 4) is 0 Å². The van der Waals surface area contributed by atoms with Gasteiger partial charge in [0, 0.05) is 5.92 Å². The Kier molecular flexibility index (Phi) is 5.63. The van der Waals surface area contributed by atoms with E-state index in [1.807, 2.05) is 0 Å². The van der Waals surface area contributed by atoms with Gasteiger partial charge in [0.15, 0.2) is 6.29 Å². The van der Waals surface area contributed by atoms with Crippen molar-refractivity contribution in [2.75, 3.05) is 13.2 Å². The van der Waals surface area contributed by atoms with E-state index < -0.39 is 61.4 Å². The van der Waals surface area contributed by atoms with Gasteiger partial charge >= 0.3 is 5.97 Å². The van der Waals surface area contributed by atoms with Gasteiger partial charge in [0.25, 0.3) is 0 Å². The molecule has 0 saturated carbocycles. The van der Waals surface area contributed by atoms with Gasteiger partial charge in [-0.15, -0.1) is 0 Å². The number of ether oxygens (including phenoxy) is 3. The highest BCUT2D eigenvalue weighted by Crippen LogP contribution is 2.44. The van der Waals surface area contributed by atoms with E-state index in [9.17, 15) is 35.4 Å². The summed E-state index contributed by atoms with van der Waals surface area (Å²) in [6.45, 7) is -0.917. The first kappa shape index (κ1) is 19.2. The van der Waals surface area contributed by atoms with Gasteiger partial charge in [0.05, 0.1) is 31.0 Å². The van der Waals surface area contributed by atoms with Crippen LogP contribution in [0.25, 0.3) is 0 Å². The highest BCUT2D eigenvalue weighted by molar-refractivity contribution is 5.87. The monoisotopic (exact) mass is 374 g/mol. The zero-order chi connectivity index (χ0) is 19.0. The number of rotatable bonds is 5. The maximum absolute atomic E-state index is 11.4. The smallest absolute Gasteiger partial charge is 0.335 e. The molecule has 0 spiro atoms. The highest BCUT2D eigenvalue weighted by atomic mass is 16.8. The minimum atomic E-state index is -1.61. The number of hydrogen-bond donors (Lipinski definition) is 6. The number of fused-ring (bicyclic) bond motifs is 1. The summed E-state index contributed by atoms with van der Waals surface area (Å²) in [7, 11) is 0. The Labute approximate surface area is 148 Å². The maximum atomic E-state index is 11.4. The van der Waals surface area contributed by atoms with Crippen LogP contribution in [-0.2, 0) is 19.0 Å². The van der Waals surface area contributed by atoms with Crippen LogP contribution in [0.5, 0.6) is 0 Å². The summed E-state index contributed by atoms with van der Waals surface area (Å²) in [5, 5.41) is 57.8. The second-order valence-corrected chi connectivity index (χ2v) is 6.52. The summed E-state index contributed by atoms with van der Waals surface area (Å²) < 4.78 is 16.3. The lowest BCUT2D eigenvalue weighted by Gasteiger charge is -2.42. The standard InChI is InChI=1S/C16H22O10/c17-3-6-1-2-7-8(14(22)23)5-24-15(10(6)7)26-16-13(21)12(20)11(19)9(4-18)25-16/h1,5,7,9-13,15-21H,2-4H2,(H,22,23)/t7-,9-,10-,11-,12+,13-,15?,16+/m1/s1. The fraction of sp³-hybridized carbons (Fsp3) is 0.688. The van der Waals surface area contributed by atoms with Crippen LogP contribution in [0.1, 0.15) is 6.42 Å². The number of allylic oxidation sites excluding steroid dienone is 1. The number of aliphatic hydroxyl groups is 5. The minimum absolute atomic E-state index is 0.0448. The molecule has 0 aromatic heterocycles. The molecule has 0 aromatic rings. The number of carboxylic acid groups (broad SMARTS) is 1. The molecule has 1 saturated heterocycles. The van der Waals surface area contributed by atoms with Crippen molar-refractivity contribution in [3.63, 3.8) is 0 Å². The van der Waals surface area contributed by atoms with Gasteiger partial charge in [-0.2, -0.15) is 0 Å². The van der Waals surface area contributed by atoms with Crippen LogP contribution >= 0.6 is 0 Å². The second kappa shape index (κ2) is 7.61. The third-order valence-electron chi connectivity index (χ3n) is 5.06. The molecule has 0 aromatic carbocycles. The average molecular weight is 374 g/mol. The molecule has 0 amide bonds. The van der Waals surface area contributed by atoms with Gasteiger partial charge in [0.2, 0.25) is 6.29 Å². The Bertz CT molecular complexity index is 600. The van der Waals surface area contributed by atoms with E-state index in [0.29, 0.717) is 12.0 Å². The topological polar surface area (TPSA) is 166 Å². The van der Waals surface area contributed by atoms with Crippen LogP contribution in [0.15, 0.2) is 23.5 Å². The van der Waals surface area contributed by atoms with Crippen LogP contribution in [0.4, 0.5) is 0 Å².